The Morgan fingerprint density at radius 3 is 2.68 bits per heavy atom. The van der Waals surface area contributed by atoms with Crippen LogP contribution in [0.3, 0.4) is 0 Å². The molecule has 1 amide bonds. The summed E-state index contributed by atoms with van der Waals surface area (Å²) in [5.74, 6) is -0.532. The van der Waals surface area contributed by atoms with Crippen molar-refractivity contribution >= 4 is 11.9 Å². The molecule has 0 aromatic heterocycles. The van der Waals surface area contributed by atoms with Crippen molar-refractivity contribution in [2.24, 2.45) is 5.92 Å². The average Bonchev–Trinajstić information content (AvgIpc) is 2.83. The Kier molecular flexibility index (Phi) is 5.06. The molecule has 1 N–H and O–H groups in total. The average molecular weight is 305 g/mol. The van der Waals surface area contributed by atoms with Crippen LogP contribution in [0.2, 0.25) is 0 Å². The Balaban J connectivity index is 1.84. The molecule has 2 atom stereocenters. The van der Waals surface area contributed by atoms with Crippen molar-refractivity contribution in [3.63, 3.8) is 0 Å². The lowest BCUT2D eigenvalue weighted by molar-refractivity contribution is -0.143. The molecule has 2 rings (SSSR count). The first-order valence-electron chi connectivity index (χ1n) is 7.62. The summed E-state index contributed by atoms with van der Waals surface area (Å²) in [6.07, 6.45) is 0.796. The Morgan fingerprint density at radius 1 is 1.36 bits per heavy atom. The van der Waals surface area contributed by atoms with Crippen molar-refractivity contribution in [2.75, 3.05) is 13.2 Å². The van der Waals surface area contributed by atoms with Gasteiger partial charge >= 0.3 is 5.97 Å². The zero-order chi connectivity index (χ0) is 16.3. The van der Waals surface area contributed by atoms with Crippen LogP contribution < -0.4 is 4.74 Å². The van der Waals surface area contributed by atoms with Crippen LogP contribution in [-0.2, 0) is 9.59 Å². The van der Waals surface area contributed by atoms with Gasteiger partial charge in [0, 0.05) is 12.6 Å². The van der Waals surface area contributed by atoms with E-state index in [2.05, 4.69) is 0 Å². The Hall–Kier alpha value is -2.04. The van der Waals surface area contributed by atoms with Crippen LogP contribution in [0.1, 0.15) is 30.9 Å². The number of amides is 1. The lowest BCUT2D eigenvalue weighted by atomic mass is 10.0. The third-order valence-corrected chi connectivity index (χ3v) is 4.30. The number of carboxylic acids is 1. The number of nitrogens with zero attached hydrogens (tertiary/aromatic N) is 1. The van der Waals surface area contributed by atoms with Crippen molar-refractivity contribution in [3.05, 3.63) is 29.3 Å². The first kappa shape index (κ1) is 16.3. The van der Waals surface area contributed by atoms with Crippen LogP contribution in [0, 0.1) is 19.8 Å². The minimum atomic E-state index is -0.825. The van der Waals surface area contributed by atoms with Gasteiger partial charge in [-0.2, -0.15) is 0 Å². The predicted octanol–water partition coefficient (Wildman–Crippen LogP) is 2.39. The molecule has 1 fully saturated rings. The molecule has 0 saturated carbocycles. The number of likely N-dealkylation sites (tertiary alicyclic amines) is 1. The topological polar surface area (TPSA) is 66.8 Å². The number of carbonyl (C=O) groups excluding carboxylic acids is 1. The Morgan fingerprint density at radius 2 is 2.09 bits per heavy atom. The van der Waals surface area contributed by atoms with Gasteiger partial charge in [-0.25, -0.2) is 0 Å². The zero-order valence-corrected chi connectivity index (χ0v) is 13.3. The summed E-state index contributed by atoms with van der Waals surface area (Å²) >= 11 is 0. The maximum atomic E-state index is 12.2. The molecule has 1 heterocycles. The van der Waals surface area contributed by atoms with E-state index in [1.165, 1.54) is 5.56 Å². The van der Waals surface area contributed by atoms with Gasteiger partial charge in [-0.3, -0.25) is 9.59 Å². The minimum absolute atomic E-state index is 0.0407. The molecule has 1 aliphatic rings. The van der Waals surface area contributed by atoms with Gasteiger partial charge in [0.25, 0.3) is 0 Å². The zero-order valence-electron chi connectivity index (χ0n) is 13.3. The summed E-state index contributed by atoms with van der Waals surface area (Å²) in [7, 11) is 0. The summed E-state index contributed by atoms with van der Waals surface area (Å²) in [5, 5.41) is 9.10. The molecule has 1 aromatic carbocycles. The van der Waals surface area contributed by atoms with Gasteiger partial charge in [-0.05, 0) is 38.8 Å². The van der Waals surface area contributed by atoms with Crippen molar-refractivity contribution in [1.29, 1.82) is 0 Å². The highest BCUT2D eigenvalue weighted by Crippen LogP contribution is 2.25. The van der Waals surface area contributed by atoms with E-state index in [1.54, 1.807) is 11.8 Å². The molecule has 22 heavy (non-hydrogen) atoms. The first-order valence-corrected chi connectivity index (χ1v) is 7.62. The van der Waals surface area contributed by atoms with E-state index in [9.17, 15) is 9.59 Å². The quantitative estimate of drug-likeness (QED) is 0.907. The lowest BCUT2D eigenvalue weighted by Gasteiger charge is -2.23. The van der Waals surface area contributed by atoms with Crippen LogP contribution in [0.5, 0.6) is 5.75 Å². The molecule has 1 aliphatic heterocycles. The van der Waals surface area contributed by atoms with Gasteiger partial charge in [0.1, 0.15) is 5.75 Å². The second-order valence-electron chi connectivity index (χ2n) is 5.93. The number of rotatable bonds is 5. The van der Waals surface area contributed by atoms with Crippen LogP contribution in [0.25, 0.3) is 0 Å². The SMILES string of the molecule is Cc1ccc(OCCC(=O)N2CCC(C(=O)O)C2C)c(C)c1. The van der Waals surface area contributed by atoms with E-state index in [1.807, 2.05) is 32.0 Å². The molecule has 2 unspecified atom stereocenters. The molecule has 0 bridgehead atoms. The molecular weight excluding hydrogens is 282 g/mol. The highest BCUT2D eigenvalue weighted by atomic mass is 16.5. The summed E-state index contributed by atoms with van der Waals surface area (Å²) in [5.41, 5.74) is 2.22. The fraction of sp³-hybridized carbons (Fsp3) is 0.529. The molecular formula is C17H23NO4. The van der Waals surface area contributed by atoms with Crippen molar-refractivity contribution < 1.29 is 19.4 Å². The van der Waals surface area contributed by atoms with Gasteiger partial charge in [0.15, 0.2) is 0 Å². The highest BCUT2D eigenvalue weighted by molar-refractivity contribution is 5.79. The highest BCUT2D eigenvalue weighted by Gasteiger charge is 2.37. The van der Waals surface area contributed by atoms with E-state index >= 15 is 0 Å². The van der Waals surface area contributed by atoms with Crippen molar-refractivity contribution in [3.8, 4) is 5.75 Å². The normalized spacial score (nSPS) is 21.0. The standard InChI is InChI=1S/C17H23NO4/c1-11-4-5-15(12(2)10-11)22-9-7-16(19)18-8-6-14(13(18)3)17(20)21/h4-5,10,13-14H,6-9H2,1-3H3,(H,20,21). The van der Waals surface area contributed by atoms with E-state index in [-0.39, 0.29) is 18.4 Å². The second kappa shape index (κ2) is 6.81. The van der Waals surface area contributed by atoms with Gasteiger partial charge in [-0.15, -0.1) is 0 Å². The summed E-state index contributed by atoms with van der Waals surface area (Å²) in [6, 6.07) is 5.68. The minimum Gasteiger partial charge on any atom is -0.493 e. The number of carbonyl (C=O) groups is 2. The number of aryl methyl sites for hydroxylation is 2. The van der Waals surface area contributed by atoms with E-state index < -0.39 is 11.9 Å². The smallest absolute Gasteiger partial charge is 0.308 e. The summed E-state index contributed by atoms with van der Waals surface area (Å²) in [4.78, 5) is 24.9. The molecule has 1 aromatic rings. The van der Waals surface area contributed by atoms with Gasteiger partial charge in [0.05, 0.1) is 18.9 Å². The largest absolute Gasteiger partial charge is 0.493 e. The molecule has 0 spiro atoms. The fourth-order valence-corrected chi connectivity index (χ4v) is 2.98. The Labute approximate surface area is 130 Å². The molecule has 0 aliphatic carbocycles. The van der Waals surface area contributed by atoms with Crippen LogP contribution >= 0.6 is 0 Å². The number of hydrogen-bond acceptors (Lipinski definition) is 3. The number of benzene rings is 1. The molecule has 0 radical (unpaired) electrons. The van der Waals surface area contributed by atoms with Gasteiger partial charge in [0.2, 0.25) is 5.91 Å². The monoisotopic (exact) mass is 305 g/mol. The van der Waals surface area contributed by atoms with E-state index in [4.69, 9.17) is 9.84 Å². The Bertz CT molecular complexity index is 570. The lowest BCUT2D eigenvalue weighted by Crippen LogP contribution is -2.38. The maximum Gasteiger partial charge on any atom is 0.308 e. The number of carboxylic acid groups (broad SMARTS) is 1. The number of aliphatic carboxylic acids is 1. The van der Waals surface area contributed by atoms with Gasteiger partial charge in [-0.1, -0.05) is 17.7 Å². The van der Waals surface area contributed by atoms with Crippen molar-refractivity contribution in [2.45, 2.75) is 39.7 Å². The second-order valence-corrected chi connectivity index (χ2v) is 5.93. The fourth-order valence-electron chi connectivity index (χ4n) is 2.98. The third kappa shape index (κ3) is 3.59. The molecule has 5 heteroatoms. The summed E-state index contributed by atoms with van der Waals surface area (Å²) < 4.78 is 5.67. The van der Waals surface area contributed by atoms with Crippen LogP contribution in [-0.4, -0.2) is 41.1 Å². The third-order valence-electron chi connectivity index (χ3n) is 4.30. The maximum absolute atomic E-state index is 12.2. The van der Waals surface area contributed by atoms with E-state index in [0.29, 0.717) is 19.6 Å². The molecule has 5 nitrogen and oxygen atoms in total. The predicted molar refractivity (Wildman–Crippen MR) is 82.9 cm³/mol. The molecule has 1 saturated heterocycles. The van der Waals surface area contributed by atoms with Crippen molar-refractivity contribution in [1.82, 2.24) is 4.90 Å². The summed E-state index contributed by atoms with van der Waals surface area (Å²) in [6.45, 7) is 6.62. The number of ether oxygens (including phenoxy) is 1. The van der Waals surface area contributed by atoms with Gasteiger partial charge < -0.3 is 14.7 Å². The first-order chi connectivity index (χ1) is 10.4. The number of hydrogen-bond donors (Lipinski definition) is 1. The van der Waals surface area contributed by atoms with Crippen LogP contribution in [0.15, 0.2) is 18.2 Å². The molecule has 120 valence electrons. The van der Waals surface area contributed by atoms with E-state index in [0.717, 1.165) is 11.3 Å². The van der Waals surface area contributed by atoms with Crippen LogP contribution in [0.4, 0.5) is 0 Å².